The molecule has 0 saturated carbocycles. The second-order valence-electron chi connectivity index (χ2n) is 8.24. The van der Waals surface area contributed by atoms with Gasteiger partial charge in [-0.25, -0.2) is 0 Å². The van der Waals surface area contributed by atoms with Gasteiger partial charge < -0.3 is 24.8 Å². The molecule has 2 unspecified atom stereocenters. The summed E-state index contributed by atoms with van der Waals surface area (Å²) in [6.45, 7) is -0.0854. The van der Waals surface area contributed by atoms with Crippen molar-refractivity contribution in [2.45, 2.75) is 12.5 Å². The van der Waals surface area contributed by atoms with Crippen LogP contribution in [0, 0.1) is 17.2 Å². The molecule has 0 spiro atoms. The van der Waals surface area contributed by atoms with E-state index in [0.29, 0.717) is 17.1 Å². The maximum Gasteiger partial charge on any atom is 0.270 e. The Morgan fingerprint density at radius 1 is 1.21 bits per heavy atom. The number of para-hydroxylation sites is 1. The van der Waals surface area contributed by atoms with E-state index in [1.54, 1.807) is 31.4 Å². The number of hydrogen-bond donors (Lipinski definition) is 2. The largest absolute Gasteiger partial charge is 0.496 e. The Bertz CT molecular complexity index is 1260. The maximum absolute atomic E-state index is 13.0. The van der Waals surface area contributed by atoms with Gasteiger partial charge in [0.15, 0.2) is 0 Å². The van der Waals surface area contributed by atoms with Crippen LogP contribution in [-0.2, 0) is 9.59 Å². The van der Waals surface area contributed by atoms with E-state index in [9.17, 15) is 19.6 Å². The van der Waals surface area contributed by atoms with Crippen LogP contribution in [0.1, 0.15) is 16.9 Å². The Hall–Kier alpha value is -4.32. The lowest BCUT2D eigenvalue weighted by Crippen LogP contribution is -2.43. The highest BCUT2D eigenvalue weighted by Gasteiger charge is 2.39. The second kappa shape index (κ2) is 9.67. The lowest BCUT2D eigenvalue weighted by atomic mass is 10.1. The normalized spacial score (nSPS) is 17.3. The number of hydrogen-bond acceptors (Lipinski definition) is 5. The minimum atomic E-state index is -0.722. The number of fused-ring (bicyclic) bond motifs is 1. The van der Waals surface area contributed by atoms with Gasteiger partial charge in [-0.3, -0.25) is 14.4 Å². The number of ether oxygens (including phenoxy) is 1. The third-order valence-corrected chi connectivity index (χ3v) is 5.98. The highest BCUT2D eigenvalue weighted by atomic mass is 16.5. The standard InChI is InChI=1S/C25H25N5O4/c1-29(25(33)21-12-19-20(28-21)9-6-10-22(19)34-2)15-23(31)30-14-16(11-18(30)13-26)24(32)27-17-7-4-3-5-8-17/h3-10,12,16,18,28H,11,14-15H2,1-2H3,(H,27,32). The molecule has 34 heavy (non-hydrogen) atoms. The summed E-state index contributed by atoms with van der Waals surface area (Å²) >= 11 is 0. The molecule has 1 aliphatic rings. The van der Waals surface area contributed by atoms with Gasteiger partial charge in [0.25, 0.3) is 5.91 Å². The summed E-state index contributed by atoms with van der Waals surface area (Å²) < 4.78 is 5.34. The van der Waals surface area contributed by atoms with Gasteiger partial charge in [0, 0.05) is 30.2 Å². The third kappa shape index (κ3) is 4.57. The summed E-state index contributed by atoms with van der Waals surface area (Å²) in [5, 5.41) is 13.1. The van der Waals surface area contributed by atoms with Gasteiger partial charge >= 0.3 is 0 Å². The van der Waals surface area contributed by atoms with Crippen LogP contribution in [0.3, 0.4) is 0 Å². The van der Waals surface area contributed by atoms with Crippen molar-refractivity contribution in [3.8, 4) is 11.8 Å². The van der Waals surface area contributed by atoms with Crippen molar-refractivity contribution in [2.75, 3.05) is 32.6 Å². The van der Waals surface area contributed by atoms with E-state index < -0.39 is 12.0 Å². The summed E-state index contributed by atoms with van der Waals surface area (Å²) in [5.74, 6) is -0.849. The van der Waals surface area contributed by atoms with E-state index >= 15 is 0 Å². The molecular weight excluding hydrogens is 434 g/mol. The number of amides is 3. The van der Waals surface area contributed by atoms with Crippen molar-refractivity contribution in [3.63, 3.8) is 0 Å². The molecule has 2 aromatic carbocycles. The molecule has 1 aromatic heterocycles. The molecule has 0 aliphatic carbocycles. The number of nitriles is 1. The number of rotatable bonds is 6. The fraction of sp³-hybridized carbons (Fsp3) is 0.280. The van der Waals surface area contributed by atoms with E-state index in [4.69, 9.17) is 4.74 Å². The van der Waals surface area contributed by atoms with Crippen LogP contribution in [0.2, 0.25) is 0 Å². The van der Waals surface area contributed by atoms with Crippen molar-refractivity contribution < 1.29 is 19.1 Å². The smallest absolute Gasteiger partial charge is 0.270 e. The van der Waals surface area contributed by atoms with E-state index in [2.05, 4.69) is 16.4 Å². The summed E-state index contributed by atoms with van der Waals surface area (Å²) in [6, 6.07) is 17.6. The Kier molecular flexibility index (Phi) is 6.50. The number of aromatic nitrogens is 1. The fourth-order valence-electron chi connectivity index (χ4n) is 4.18. The Labute approximate surface area is 196 Å². The van der Waals surface area contributed by atoms with Crippen molar-refractivity contribution in [2.24, 2.45) is 5.92 Å². The van der Waals surface area contributed by atoms with Crippen molar-refractivity contribution in [3.05, 3.63) is 60.3 Å². The SMILES string of the molecule is COc1cccc2[nH]c(C(=O)N(C)CC(=O)N3CC(C(=O)Nc4ccccc4)CC3C#N)cc12. The van der Waals surface area contributed by atoms with Crippen LogP contribution in [-0.4, -0.2) is 65.8 Å². The van der Waals surface area contributed by atoms with E-state index in [0.717, 1.165) is 10.9 Å². The molecule has 3 aromatic rings. The van der Waals surface area contributed by atoms with Crippen LogP contribution in [0.25, 0.3) is 10.9 Å². The number of methoxy groups -OCH3 is 1. The highest BCUT2D eigenvalue weighted by molar-refractivity contribution is 6.01. The Balaban J connectivity index is 1.41. The van der Waals surface area contributed by atoms with Gasteiger partial charge in [0.1, 0.15) is 17.5 Å². The number of nitrogens with one attached hydrogen (secondary N) is 2. The zero-order valence-corrected chi connectivity index (χ0v) is 18.9. The number of H-pyrrole nitrogens is 1. The zero-order chi connectivity index (χ0) is 24.2. The number of anilines is 1. The molecule has 9 heteroatoms. The Morgan fingerprint density at radius 2 is 1.97 bits per heavy atom. The first-order valence-electron chi connectivity index (χ1n) is 10.9. The van der Waals surface area contributed by atoms with E-state index in [1.165, 1.54) is 16.8 Å². The van der Waals surface area contributed by atoms with Gasteiger partial charge in [-0.1, -0.05) is 24.3 Å². The summed E-state index contributed by atoms with van der Waals surface area (Å²) in [5.41, 5.74) is 1.73. The number of aromatic amines is 1. The van der Waals surface area contributed by atoms with Gasteiger partial charge in [-0.2, -0.15) is 5.26 Å². The van der Waals surface area contributed by atoms with E-state index in [1.807, 2.05) is 30.3 Å². The first-order valence-corrected chi connectivity index (χ1v) is 10.9. The molecule has 2 atom stereocenters. The van der Waals surface area contributed by atoms with Crippen LogP contribution >= 0.6 is 0 Å². The van der Waals surface area contributed by atoms with Crippen LogP contribution in [0.15, 0.2) is 54.6 Å². The molecule has 174 valence electrons. The summed E-state index contributed by atoms with van der Waals surface area (Å²) in [7, 11) is 3.09. The molecule has 2 heterocycles. The number of carbonyl (C=O) groups excluding carboxylic acids is 3. The lowest BCUT2D eigenvalue weighted by Gasteiger charge is -2.23. The average Bonchev–Trinajstić information content (AvgIpc) is 3.48. The molecule has 1 aliphatic heterocycles. The minimum absolute atomic E-state index is 0.126. The molecule has 4 rings (SSSR count). The summed E-state index contributed by atoms with van der Waals surface area (Å²) in [4.78, 5) is 44.3. The first kappa shape index (κ1) is 22.9. The maximum atomic E-state index is 13.0. The fourth-order valence-corrected chi connectivity index (χ4v) is 4.18. The van der Waals surface area contributed by atoms with E-state index in [-0.39, 0.29) is 37.2 Å². The van der Waals surface area contributed by atoms with Crippen LogP contribution in [0.4, 0.5) is 5.69 Å². The molecule has 9 nitrogen and oxygen atoms in total. The van der Waals surface area contributed by atoms with Gasteiger partial charge in [0.05, 0.1) is 25.6 Å². The molecule has 0 bridgehead atoms. The monoisotopic (exact) mass is 459 g/mol. The van der Waals surface area contributed by atoms with Crippen LogP contribution < -0.4 is 10.1 Å². The van der Waals surface area contributed by atoms with Crippen LogP contribution in [0.5, 0.6) is 5.75 Å². The predicted octanol–water partition coefficient (Wildman–Crippen LogP) is 2.63. The number of nitrogens with zero attached hydrogens (tertiary/aromatic N) is 3. The first-order chi connectivity index (χ1) is 16.4. The number of carbonyl (C=O) groups is 3. The predicted molar refractivity (Wildman–Crippen MR) is 126 cm³/mol. The van der Waals surface area contributed by atoms with Crippen molar-refractivity contribution in [1.29, 1.82) is 5.26 Å². The zero-order valence-electron chi connectivity index (χ0n) is 18.9. The van der Waals surface area contributed by atoms with Gasteiger partial charge in [-0.15, -0.1) is 0 Å². The molecule has 0 radical (unpaired) electrons. The van der Waals surface area contributed by atoms with Gasteiger partial charge in [-0.05, 0) is 36.8 Å². The average molecular weight is 460 g/mol. The third-order valence-electron chi connectivity index (χ3n) is 5.98. The highest BCUT2D eigenvalue weighted by Crippen LogP contribution is 2.27. The number of likely N-dealkylation sites (N-methyl/N-ethyl adjacent to an activating group) is 1. The van der Waals surface area contributed by atoms with Crippen molar-refractivity contribution in [1.82, 2.24) is 14.8 Å². The van der Waals surface area contributed by atoms with Gasteiger partial charge in [0.2, 0.25) is 11.8 Å². The molecule has 2 N–H and O–H groups in total. The molecule has 3 amide bonds. The number of benzene rings is 2. The topological polar surface area (TPSA) is 119 Å². The molecular formula is C25H25N5O4. The molecule has 1 fully saturated rings. The summed E-state index contributed by atoms with van der Waals surface area (Å²) in [6.07, 6.45) is 0.250. The Morgan fingerprint density at radius 3 is 2.68 bits per heavy atom. The quantitative estimate of drug-likeness (QED) is 0.587. The second-order valence-corrected chi connectivity index (χ2v) is 8.24. The minimum Gasteiger partial charge on any atom is -0.496 e. The lowest BCUT2D eigenvalue weighted by molar-refractivity contribution is -0.131. The number of likely N-dealkylation sites (tertiary alicyclic amines) is 1. The van der Waals surface area contributed by atoms with Crippen molar-refractivity contribution >= 4 is 34.3 Å². The molecule has 1 saturated heterocycles.